The monoisotopic (exact) mass is 280 g/mol. The zero-order valence-corrected chi connectivity index (χ0v) is 13.3. The fourth-order valence-electron chi connectivity index (χ4n) is 2.10. The lowest BCUT2D eigenvalue weighted by atomic mass is 10.1. The van der Waals surface area contributed by atoms with Gasteiger partial charge in [-0.15, -0.1) is 0 Å². The molecule has 0 amide bonds. The minimum absolute atomic E-state index is 0.775. The van der Waals surface area contributed by atoms with Gasteiger partial charge in [0.15, 0.2) is 0 Å². The molecule has 4 nitrogen and oxygen atoms in total. The Balaban J connectivity index is 2.25. The standard InChI is InChI=1S/C16H28N2O2/c1-5-6-9-20-10-7-8-17-12-15-14(3)16(19-4)13(2)11-18-15/h11,17H,5-10,12H2,1-4H3. The molecule has 1 heterocycles. The molecule has 0 aliphatic carbocycles. The van der Waals surface area contributed by atoms with Crippen LogP contribution in [-0.2, 0) is 11.3 Å². The van der Waals surface area contributed by atoms with Crippen molar-refractivity contribution in [2.24, 2.45) is 0 Å². The number of nitrogens with zero attached hydrogens (tertiary/aromatic N) is 1. The minimum atomic E-state index is 0.775. The summed E-state index contributed by atoms with van der Waals surface area (Å²) in [5.41, 5.74) is 3.26. The van der Waals surface area contributed by atoms with E-state index in [1.54, 1.807) is 7.11 Å². The highest BCUT2D eigenvalue weighted by Gasteiger charge is 2.08. The van der Waals surface area contributed by atoms with E-state index in [9.17, 15) is 0 Å². The SMILES string of the molecule is CCCCOCCCNCc1ncc(C)c(OC)c1C. The Kier molecular flexibility index (Phi) is 8.23. The molecule has 20 heavy (non-hydrogen) atoms. The normalized spacial score (nSPS) is 10.8. The molecule has 0 bridgehead atoms. The van der Waals surface area contributed by atoms with E-state index in [-0.39, 0.29) is 0 Å². The van der Waals surface area contributed by atoms with Gasteiger partial charge in [0.05, 0.1) is 12.8 Å². The number of methoxy groups -OCH3 is 1. The quantitative estimate of drug-likeness (QED) is 0.669. The van der Waals surface area contributed by atoms with Crippen LogP contribution in [0.5, 0.6) is 5.75 Å². The maximum Gasteiger partial charge on any atom is 0.128 e. The van der Waals surface area contributed by atoms with Crippen LogP contribution in [0.1, 0.15) is 43.0 Å². The number of ether oxygens (including phenoxy) is 2. The number of rotatable bonds is 10. The van der Waals surface area contributed by atoms with Gasteiger partial charge < -0.3 is 14.8 Å². The van der Waals surface area contributed by atoms with Crippen molar-refractivity contribution < 1.29 is 9.47 Å². The van der Waals surface area contributed by atoms with Crippen molar-refractivity contribution in [1.82, 2.24) is 10.3 Å². The summed E-state index contributed by atoms with van der Waals surface area (Å²) in [6.45, 7) is 9.69. The number of unbranched alkanes of at least 4 members (excludes halogenated alkanes) is 1. The summed E-state index contributed by atoms with van der Waals surface area (Å²) in [4.78, 5) is 4.47. The van der Waals surface area contributed by atoms with Gasteiger partial charge in [-0.25, -0.2) is 0 Å². The average Bonchev–Trinajstić information content (AvgIpc) is 2.44. The molecule has 114 valence electrons. The lowest BCUT2D eigenvalue weighted by Crippen LogP contribution is -2.18. The Bertz CT molecular complexity index is 394. The second kappa shape index (κ2) is 9.72. The molecule has 0 spiro atoms. The van der Waals surface area contributed by atoms with Crippen molar-refractivity contribution in [2.75, 3.05) is 26.9 Å². The smallest absolute Gasteiger partial charge is 0.128 e. The van der Waals surface area contributed by atoms with Crippen LogP contribution in [0.25, 0.3) is 0 Å². The zero-order chi connectivity index (χ0) is 14.8. The Morgan fingerprint density at radius 1 is 1.20 bits per heavy atom. The summed E-state index contributed by atoms with van der Waals surface area (Å²) in [6.07, 6.45) is 5.25. The molecular formula is C16H28N2O2. The van der Waals surface area contributed by atoms with Gasteiger partial charge in [-0.3, -0.25) is 4.98 Å². The lowest BCUT2D eigenvalue weighted by molar-refractivity contribution is 0.128. The molecule has 1 aromatic rings. The van der Waals surface area contributed by atoms with Crippen LogP contribution in [-0.4, -0.2) is 31.9 Å². The fourth-order valence-corrected chi connectivity index (χ4v) is 2.10. The van der Waals surface area contributed by atoms with Crippen molar-refractivity contribution in [1.29, 1.82) is 0 Å². The van der Waals surface area contributed by atoms with E-state index < -0.39 is 0 Å². The highest BCUT2D eigenvalue weighted by Crippen LogP contribution is 2.23. The molecule has 0 fully saturated rings. The maximum absolute atomic E-state index is 5.53. The minimum Gasteiger partial charge on any atom is -0.496 e. The second-order valence-electron chi connectivity index (χ2n) is 5.04. The number of hydrogen-bond donors (Lipinski definition) is 1. The lowest BCUT2D eigenvalue weighted by Gasteiger charge is -2.12. The molecule has 0 atom stereocenters. The van der Waals surface area contributed by atoms with Gasteiger partial charge in [0, 0.05) is 37.1 Å². The first-order chi connectivity index (χ1) is 9.70. The van der Waals surface area contributed by atoms with E-state index in [1.165, 1.54) is 6.42 Å². The van der Waals surface area contributed by atoms with Gasteiger partial charge in [-0.1, -0.05) is 13.3 Å². The number of aryl methyl sites for hydroxylation is 1. The van der Waals surface area contributed by atoms with Crippen molar-refractivity contribution in [2.45, 2.75) is 46.6 Å². The highest BCUT2D eigenvalue weighted by atomic mass is 16.5. The van der Waals surface area contributed by atoms with Crippen LogP contribution < -0.4 is 10.1 Å². The van der Waals surface area contributed by atoms with Crippen molar-refractivity contribution in [3.8, 4) is 5.75 Å². The first kappa shape index (κ1) is 16.9. The van der Waals surface area contributed by atoms with Crippen LogP contribution in [0.2, 0.25) is 0 Å². The van der Waals surface area contributed by atoms with Crippen LogP contribution in [0.3, 0.4) is 0 Å². The summed E-state index contributed by atoms with van der Waals surface area (Å²) in [5, 5.41) is 3.41. The van der Waals surface area contributed by atoms with E-state index in [1.807, 2.05) is 13.1 Å². The van der Waals surface area contributed by atoms with E-state index in [0.717, 1.165) is 61.7 Å². The third kappa shape index (κ3) is 5.47. The largest absolute Gasteiger partial charge is 0.496 e. The number of aromatic nitrogens is 1. The predicted molar refractivity (Wildman–Crippen MR) is 82.3 cm³/mol. The molecule has 0 saturated carbocycles. The molecule has 4 heteroatoms. The van der Waals surface area contributed by atoms with Gasteiger partial charge in [0.2, 0.25) is 0 Å². The van der Waals surface area contributed by atoms with Gasteiger partial charge >= 0.3 is 0 Å². The molecule has 0 aromatic carbocycles. The molecule has 1 rings (SSSR count). The zero-order valence-electron chi connectivity index (χ0n) is 13.3. The van der Waals surface area contributed by atoms with E-state index >= 15 is 0 Å². The molecule has 0 saturated heterocycles. The van der Waals surface area contributed by atoms with E-state index in [0.29, 0.717) is 0 Å². The Labute approximate surface area is 122 Å². The summed E-state index contributed by atoms with van der Waals surface area (Å²) in [5.74, 6) is 0.944. The van der Waals surface area contributed by atoms with Gasteiger partial charge in [-0.05, 0) is 33.2 Å². The van der Waals surface area contributed by atoms with Crippen molar-refractivity contribution in [3.63, 3.8) is 0 Å². The van der Waals surface area contributed by atoms with Crippen LogP contribution >= 0.6 is 0 Å². The fraction of sp³-hybridized carbons (Fsp3) is 0.688. The summed E-state index contributed by atoms with van der Waals surface area (Å²) in [7, 11) is 1.71. The summed E-state index contributed by atoms with van der Waals surface area (Å²) < 4.78 is 10.9. The number of nitrogens with one attached hydrogen (secondary N) is 1. The molecule has 0 aliphatic rings. The molecule has 1 N–H and O–H groups in total. The van der Waals surface area contributed by atoms with E-state index in [4.69, 9.17) is 9.47 Å². The third-order valence-corrected chi connectivity index (χ3v) is 3.33. The second-order valence-corrected chi connectivity index (χ2v) is 5.04. The Morgan fingerprint density at radius 2 is 1.95 bits per heavy atom. The van der Waals surface area contributed by atoms with Crippen LogP contribution in [0.15, 0.2) is 6.20 Å². The van der Waals surface area contributed by atoms with Crippen LogP contribution in [0.4, 0.5) is 0 Å². The first-order valence-corrected chi connectivity index (χ1v) is 7.48. The summed E-state index contributed by atoms with van der Waals surface area (Å²) in [6, 6.07) is 0. The van der Waals surface area contributed by atoms with Gasteiger partial charge in [0.25, 0.3) is 0 Å². The molecule has 0 radical (unpaired) electrons. The van der Waals surface area contributed by atoms with E-state index in [2.05, 4.69) is 24.1 Å². The number of hydrogen-bond acceptors (Lipinski definition) is 4. The summed E-state index contributed by atoms with van der Waals surface area (Å²) >= 11 is 0. The van der Waals surface area contributed by atoms with Crippen molar-refractivity contribution >= 4 is 0 Å². The number of pyridine rings is 1. The average molecular weight is 280 g/mol. The Hall–Kier alpha value is -1.13. The van der Waals surface area contributed by atoms with Crippen molar-refractivity contribution in [3.05, 3.63) is 23.0 Å². The molecular weight excluding hydrogens is 252 g/mol. The topological polar surface area (TPSA) is 43.4 Å². The molecule has 0 unspecified atom stereocenters. The predicted octanol–water partition coefficient (Wildman–Crippen LogP) is 3.00. The van der Waals surface area contributed by atoms with Gasteiger partial charge in [0.1, 0.15) is 5.75 Å². The van der Waals surface area contributed by atoms with Crippen LogP contribution in [0, 0.1) is 13.8 Å². The van der Waals surface area contributed by atoms with Gasteiger partial charge in [-0.2, -0.15) is 0 Å². The first-order valence-electron chi connectivity index (χ1n) is 7.48. The maximum atomic E-state index is 5.53. The molecule has 0 aliphatic heterocycles. The highest BCUT2D eigenvalue weighted by molar-refractivity contribution is 5.40. The third-order valence-electron chi connectivity index (χ3n) is 3.33. The molecule has 1 aromatic heterocycles. The Morgan fingerprint density at radius 3 is 2.65 bits per heavy atom.